The molecule has 8 heteroatoms. The topological polar surface area (TPSA) is 75.6 Å². The Morgan fingerprint density at radius 3 is 2.59 bits per heavy atom. The number of rotatable bonds is 3. The van der Waals surface area contributed by atoms with Crippen molar-refractivity contribution in [3.63, 3.8) is 0 Å². The molecule has 1 aliphatic heterocycles. The summed E-state index contributed by atoms with van der Waals surface area (Å²) >= 11 is 1.18. The molecular weight excluding hydrogens is 364 g/mol. The molecule has 1 unspecified atom stereocenters. The van der Waals surface area contributed by atoms with E-state index in [4.69, 9.17) is 4.74 Å². The summed E-state index contributed by atoms with van der Waals surface area (Å²) in [5.41, 5.74) is 1.65. The summed E-state index contributed by atoms with van der Waals surface area (Å²) in [5, 5.41) is 0. The lowest BCUT2D eigenvalue weighted by Gasteiger charge is -2.37. The third kappa shape index (κ3) is 4.63. The highest BCUT2D eigenvalue weighted by atomic mass is 32.1. The molecule has 3 rings (SSSR count). The number of hydrogen-bond acceptors (Lipinski definition) is 6. The molecule has 144 valence electrons. The highest BCUT2D eigenvalue weighted by molar-refractivity contribution is 7.03. The van der Waals surface area contributed by atoms with Crippen LogP contribution in [0.5, 0.6) is 0 Å². The highest BCUT2D eigenvalue weighted by Gasteiger charge is 2.38. The number of amides is 2. The maximum atomic E-state index is 13.5. The van der Waals surface area contributed by atoms with Crippen molar-refractivity contribution >= 4 is 35.2 Å². The molecule has 2 heterocycles. The van der Waals surface area contributed by atoms with Gasteiger partial charge in [-0.25, -0.2) is 14.7 Å². The van der Waals surface area contributed by atoms with Crippen molar-refractivity contribution in [2.45, 2.75) is 51.7 Å². The SMILES string of the molecule is CC(C)(C)OC(=O)N1CCCCC1C(=O)N(c1ccccc1)c1ncsn1. The van der Waals surface area contributed by atoms with Crippen LogP contribution in [0.4, 0.5) is 16.4 Å². The summed E-state index contributed by atoms with van der Waals surface area (Å²) in [6.45, 7) is 5.96. The zero-order valence-electron chi connectivity index (χ0n) is 15.8. The quantitative estimate of drug-likeness (QED) is 0.795. The van der Waals surface area contributed by atoms with Crippen molar-refractivity contribution < 1.29 is 14.3 Å². The monoisotopic (exact) mass is 388 g/mol. The van der Waals surface area contributed by atoms with Crippen molar-refractivity contribution in [2.75, 3.05) is 11.4 Å². The first-order chi connectivity index (χ1) is 12.9. The molecule has 2 amide bonds. The molecule has 1 aliphatic rings. The molecule has 1 saturated heterocycles. The van der Waals surface area contributed by atoms with Gasteiger partial charge in [0.1, 0.15) is 17.2 Å². The Labute approximate surface area is 163 Å². The number of carbonyl (C=O) groups excluding carboxylic acids is 2. The fraction of sp³-hybridized carbons (Fsp3) is 0.474. The summed E-state index contributed by atoms with van der Waals surface area (Å²) < 4.78 is 9.76. The zero-order chi connectivity index (χ0) is 19.4. The van der Waals surface area contributed by atoms with Gasteiger partial charge < -0.3 is 4.74 Å². The van der Waals surface area contributed by atoms with Crippen LogP contribution < -0.4 is 4.90 Å². The van der Waals surface area contributed by atoms with Gasteiger partial charge in [0.15, 0.2) is 0 Å². The second-order valence-electron chi connectivity index (χ2n) is 7.43. The smallest absolute Gasteiger partial charge is 0.410 e. The van der Waals surface area contributed by atoms with Gasteiger partial charge >= 0.3 is 6.09 Å². The molecule has 7 nitrogen and oxygen atoms in total. The van der Waals surface area contributed by atoms with Crippen molar-refractivity contribution in [1.82, 2.24) is 14.3 Å². The molecule has 1 fully saturated rings. The maximum Gasteiger partial charge on any atom is 0.410 e. The average molecular weight is 388 g/mol. The second kappa shape index (κ2) is 8.04. The minimum absolute atomic E-state index is 0.217. The van der Waals surface area contributed by atoms with E-state index in [2.05, 4.69) is 9.36 Å². The number of anilines is 2. The molecule has 1 aromatic carbocycles. The Kier molecular flexibility index (Phi) is 5.74. The number of likely N-dealkylation sites (tertiary alicyclic amines) is 1. The van der Waals surface area contributed by atoms with E-state index >= 15 is 0 Å². The van der Waals surface area contributed by atoms with Crippen molar-refractivity contribution in [2.24, 2.45) is 0 Å². The molecule has 1 aromatic heterocycles. The Morgan fingerprint density at radius 1 is 1.22 bits per heavy atom. The molecule has 0 saturated carbocycles. The number of piperidine rings is 1. The number of nitrogens with zero attached hydrogens (tertiary/aromatic N) is 4. The summed E-state index contributed by atoms with van der Waals surface area (Å²) in [4.78, 5) is 33.4. The van der Waals surface area contributed by atoms with Crippen LogP contribution in [0.25, 0.3) is 0 Å². The summed E-state index contributed by atoms with van der Waals surface area (Å²) in [6, 6.07) is 8.66. The normalized spacial score (nSPS) is 17.4. The van der Waals surface area contributed by atoms with E-state index in [1.54, 1.807) is 10.4 Å². The number of carbonyl (C=O) groups is 2. The summed E-state index contributed by atoms with van der Waals surface area (Å²) in [7, 11) is 0. The Morgan fingerprint density at radius 2 is 1.96 bits per heavy atom. The number of ether oxygens (including phenoxy) is 1. The molecule has 1 atom stereocenters. The van der Waals surface area contributed by atoms with Crippen LogP contribution in [-0.4, -0.2) is 44.4 Å². The van der Waals surface area contributed by atoms with E-state index in [9.17, 15) is 9.59 Å². The number of benzene rings is 1. The molecular formula is C19H24N4O3S. The zero-order valence-corrected chi connectivity index (χ0v) is 16.6. The summed E-state index contributed by atoms with van der Waals surface area (Å²) in [5.74, 6) is 0.107. The van der Waals surface area contributed by atoms with Gasteiger partial charge in [0.25, 0.3) is 5.91 Å². The van der Waals surface area contributed by atoms with Crippen LogP contribution in [-0.2, 0) is 9.53 Å². The van der Waals surface area contributed by atoms with E-state index in [0.717, 1.165) is 12.8 Å². The minimum atomic E-state index is -0.613. The van der Waals surface area contributed by atoms with Gasteiger partial charge in [0, 0.05) is 6.54 Å². The first kappa shape index (κ1) is 19.3. The van der Waals surface area contributed by atoms with E-state index in [1.807, 2.05) is 51.1 Å². The maximum absolute atomic E-state index is 13.5. The predicted octanol–water partition coefficient (Wildman–Crippen LogP) is 3.99. The molecule has 2 aromatic rings. The van der Waals surface area contributed by atoms with Crippen molar-refractivity contribution in [1.29, 1.82) is 0 Å². The molecule has 0 aliphatic carbocycles. The third-order valence-electron chi connectivity index (χ3n) is 4.20. The van der Waals surface area contributed by atoms with Crippen molar-refractivity contribution in [3.05, 3.63) is 35.8 Å². The first-order valence-corrected chi connectivity index (χ1v) is 9.85. The van der Waals surface area contributed by atoms with Crippen LogP contribution in [0.2, 0.25) is 0 Å². The van der Waals surface area contributed by atoms with Gasteiger partial charge in [0.2, 0.25) is 5.95 Å². The molecule has 0 radical (unpaired) electrons. The lowest BCUT2D eigenvalue weighted by atomic mass is 10.0. The fourth-order valence-electron chi connectivity index (χ4n) is 3.06. The van der Waals surface area contributed by atoms with Crippen LogP contribution >= 0.6 is 11.5 Å². The minimum Gasteiger partial charge on any atom is -0.444 e. The average Bonchev–Trinajstić information content (AvgIpc) is 3.15. The van der Waals surface area contributed by atoms with Crippen LogP contribution in [0.3, 0.4) is 0 Å². The standard InChI is InChI=1S/C19H24N4O3S/c1-19(2,3)26-18(25)22-12-8-7-11-15(22)16(24)23(17-20-13-27-21-17)14-9-5-4-6-10-14/h4-6,9-10,13,15H,7-8,11-12H2,1-3H3. The molecule has 27 heavy (non-hydrogen) atoms. The van der Waals surface area contributed by atoms with Gasteiger partial charge in [0.05, 0.1) is 5.69 Å². The molecule has 0 bridgehead atoms. The van der Waals surface area contributed by atoms with E-state index in [-0.39, 0.29) is 5.91 Å². The third-order valence-corrected chi connectivity index (χ3v) is 4.67. The number of hydrogen-bond donors (Lipinski definition) is 0. The highest BCUT2D eigenvalue weighted by Crippen LogP contribution is 2.28. The lowest BCUT2D eigenvalue weighted by molar-refractivity contribution is -0.124. The van der Waals surface area contributed by atoms with Crippen LogP contribution in [0.1, 0.15) is 40.0 Å². The lowest BCUT2D eigenvalue weighted by Crippen LogP contribution is -2.53. The first-order valence-electron chi connectivity index (χ1n) is 9.02. The molecule has 0 N–H and O–H groups in total. The molecule has 0 spiro atoms. The Hall–Kier alpha value is -2.48. The second-order valence-corrected chi connectivity index (χ2v) is 8.03. The van der Waals surface area contributed by atoms with Gasteiger partial charge in [-0.3, -0.25) is 9.69 Å². The van der Waals surface area contributed by atoms with E-state index < -0.39 is 17.7 Å². The number of aromatic nitrogens is 2. The summed E-state index contributed by atoms with van der Waals surface area (Å²) in [6.07, 6.45) is 1.86. The largest absolute Gasteiger partial charge is 0.444 e. The van der Waals surface area contributed by atoms with Gasteiger partial charge in [-0.1, -0.05) is 18.2 Å². The van der Waals surface area contributed by atoms with Crippen LogP contribution in [0.15, 0.2) is 35.8 Å². The van der Waals surface area contributed by atoms with E-state index in [1.165, 1.54) is 16.4 Å². The van der Waals surface area contributed by atoms with E-state index in [0.29, 0.717) is 24.6 Å². The Bertz CT molecular complexity index is 774. The van der Waals surface area contributed by atoms with Gasteiger partial charge in [-0.15, -0.1) is 0 Å². The van der Waals surface area contributed by atoms with Gasteiger partial charge in [-0.2, -0.15) is 4.37 Å². The predicted molar refractivity (Wildman–Crippen MR) is 104 cm³/mol. The van der Waals surface area contributed by atoms with Crippen molar-refractivity contribution in [3.8, 4) is 0 Å². The van der Waals surface area contributed by atoms with Crippen LogP contribution in [0, 0.1) is 0 Å². The van der Waals surface area contributed by atoms with Gasteiger partial charge in [-0.05, 0) is 63.7 Å². The number of para-hydroxylation sites is 1. The fourth-order valence-corrected chi connectivity index (χ4v) is 3.47. The Balaban J connectivity index is 1.90.